The number of nitrogens with one attached hydrogen (secondary N) is 1. The van der Waals surface area contributed by atoms with Crippen molar-refractivity contribution in [2.24, 2.45) is 0 Å². The van der Waals surface area contributed by atoms with E-state index in [9.17, 15) is 9.59 Å². The van der Waals surface area contributed by atoms with Crippen molar-refractivity contribution in [1.82, 2.24) is 35.0 Å². The summed E-state index contributed by atoms with van der Waals surface area (Å²) < 4.78 is 12.9. The first-order chi connectivity index (χ1) is 18.1. The van der Waals surface area contributed by atoms with Crippen LogP contribution in [0.2, 0.25) is 0 Å². The van der Waals surface area contributed by atoms with E-state index in [1.165, 1.54) is 6.26 Å². The molecule has 0 bridgehead atoms. The van der Waals surface area contributed by atoms with Gasteiger partial charge in [0.15, 0.2) is 11.6 Å². The summed E-state index contributed by atoms with van der Waals surface area (Å²) in [6.07, 6.45) is 3.51. The summed E-state index contributed by atoms with van der Waals surface area (Å²) in [4.78, 5) is 33.3. The number of fused-ring (bicyclic) bond motifs is 1. The fraction of sp³-hybridized carbons (Fsp3) is 0.423. The number of piperazine rings is 1. The van der Waals surface area contributed by atoms with E-state index in [2.05, 4.69) is 25.4 Å². The smallest absolute Gasteiger partial charge is 0.289 e. The van der Waals surface area contributed by atoms with Crippen LogP contribution in [-0.4, -0.2) is 79.8 Å². The van der Waals surface area contributed by atoms with Crippen LogP contribution in [0.3, 0.4) is 0 Å². The van der Waals surface area contributed by atoms with E-state index in [4.69, 9.17) is 9.15 Å². The lowest BCUT2D eigenvalue weighted by atomic mass is 10.0. The number of rotatable bonds is 6. The maximum Gasteiger partial charge on any atom is 0.289 e. The Kier molecular flexibility index (Phi) is 6.31. The summed E-state index contributed by atoms with van der Waals surface area (Å²) in [5.74, 6) is 0.786. The van der Waals surface area contributed by atoms with Gasteiger partial charge in [-0.1, -0.05) is 12.1 Å². The van der Waals surface area contributed by atoms with E-state index in [1.807, 2.05) is 31.2 Å². The van der Waals surface area contributed by atoms with E-state index >= 15 is 0 Å². The zero-order chi connectivity index (χ0) is 25.4. The molecule has 192 valence electrons. The summed E-state index contributed by atoms with van der Waals surface area (Å²) in [6, 6.07) is 10.8. The minimum atomic E-state index is -0.480. The highest BCUT2D eigenvalue weighted by molar-refractivity contribution is 5.91. The molecular weight excluding hydrogens is 474 g/mol. The number of amides is 1. The van der Waals surface area contributed by atoms with Crippen LogP contribution in [0.1, 0.15) is 46.4 Å². The Bertz CT molecular complexity index is 1450. The molecule has 37 heavy (non-hydrogen) atoms. The largest absolute Gasteiger partial charge is 0.459 e. The fourth-order valence-corrected chi connectivity index (χ4v) is 5.29. The van der Waals surface area contributed by atoms with Gasteiger partial charge in [-0.3, -0.25) is 14.5 Å². The molecule has 5 heterocycles. The highest BCUT2D eigenvalue weighted by atomic mass is 16.5. The molecule has 11 nitrogen and oxygen atoms in total. The van der Waals surface area contributed by atoms with Gasteiger partial charge in [0.1, 0.15) is 6.04 Å². The third kappa shape index (κ3) is 4.67. The van der Waals surface area contributed by atoms with Gasteiger partial charge in [-0.2, -0.15) is 0 Å². The van der Waals surface area contributed by atoms with Crippen LogP contribution < -0.4 is 5.56 Å². The number of carbonyl (C=O) groups is 1. The number of furan rings is 1. The van der Waals surface area contributed by atoms with Gasteiger partial charge in [0.2, 0.25) is 0 Å². The van der Waals surface area contributed by atoms with Crippen molar-refractivity contribution >= 4 is 16.8 Å². The first kappa shape index (κ1) is 23.6. The molecule has 6 rings (SSSR count). The first-order valence-electron chi connectivity index (χ1n) is 12.6. The van der Waals surface area contributed by atoms with Gasteiger partial charge in [-0.05, 0) is 65.4 Å². The zero-order valence-corrected chi connectivity index (χ0v) is 20.7. The van der Waals surface area contributed by atoms with E-state index < -0.39 is 6.04 Å². The van der Waals surface area contributed by atoms with Crippen molar-refractivity contribution in [1.29, 1.82) is 0 Å². The maximum absolute atomic E-state index is 13.4. The Balaban J connectivity index is 1.35. The van der Waals surface area contributed by atoms with Crippen LogP contribution in [0.25, 0.3) is 10.9 Å². The van der Waals surface area contributed by atoms with Crippen molar-refractivity contribution in [3.05, 3.63) is 75.7 Å². The molecule has 2 fully saturated rings. The molecule has 1 amide bonds. The lowest BCUT2D eigenvalue weighted by Gasteiger charge is -2.38. The number of aromatic amines is 1. The number of nitrogens with zero attached hydrogens (tertiary/aromatic N) is 6. The molecule has 2 saturated heterocycles. The Morgan fingerprint density at radius 3 is 2.81 bits per heavy atom. The van der Waals surface area contributed by atoms with Gasteiger partial charge in [0, 0.05) is 43.9 Å². The Morgan fingerprint density at radius 2 is 2.05 bits per heavy atom. The van der Waals surface area contributed by atoms with Crippen molar-refractivity contribution in [3.8, 4) is 0 Å². The van der Waals surface area contributed by atoms with Crippen molar-refractivity contribution in [2.75, 3.05) is 32.8 Å². The van der Waals surface area contributed by atoms with Gasteiger partial charge in [-0.25, -0.2) is 4.68 Å². The normalized spacial score (nSPS) is 19.5. The number of H-pyrrole nitrogens is 1. The van der Waals surface area contributed by atoms with Gasteiger partial charge in [0.25, 0.3) is 11.5 Å². The fourth-order valence-electron chi connectivity index (χ4n) is 5.29. The van der Waals surface area contributed by atoms with Crippen LogP contribution in [0.15, 0.2) is 51.9 Å². The third-order valence-electron chi connectivity index (χ3n) is 7.23. The third-order valence-corrected chi connectivity index (χ3v) is 7.23. The molecule has 11 heteroatoms. The average Bonchev–Trinajstić information content (AvgIpc) is 3.69. The molecule has 0 spiro atoms. The topological polar surface area (TPSA) is 122 Å². The molecule has 2 aliphatic rings. The summed E-state index contributed by atoms with van der Waals surface area (Å²) >= 11 is 0. The summed E-state index contributed by atoms with van der Waals surface area (Å²) in [6.45, 7) is 5.35. The molecule has 1 aromatic carbocycles. The number of carbonyl (C=O) groups excluding carboxylic acids is 1. The van der Waals surface area contributed by atoms with Gasteiger partial charge < -0.3 is 19.0 Å². The van der Waals surface area contributed by atoms with Crippen molar-refractivity contribution < 1.29 is 13.9 Å². The zero-order valence-electron chi connectivity index (χ0n) is 20.7. The summed E-state index contributed by atoms with van der Waals surface area (Å²) in [5, 5.41) is 13.6. The number of tetrazole rings is 1. The standard InChI is InChI=1S/C26H29N7O4/c1-17-6-7-18-15-20(25(34)27-21(18)14-17)23(24-28-29-30-33(24)16-19-4-2-12-36-19)31-8-10-32(11-9-31)26(35)22-5-3-13-37-22/h3,5-7,13-15,19,23H,2,4,8-12,16H2,1H3,(H,27,34)/t19-,23+/m1/s1. The molecule has 2 aliphatic heterocycles. The monoisotopic (exact) mass is 503 g/mol. The molecule has 0 aliphatic carbocycles. The predicted molar refractivity (Wildman–Crippen MR) is 134 cm³/mol. The van der Waals surface area contributed by atoms with E-state index in [1.54, 1.807) is 21.7 Å². The van der Waals surface area contributed by atoms with Crippen molar-refractivity contribution in [2.45, 2.75) is 38.5 Å². The molecular formula is C26H29N7O4. The number of benzene rings is 1. The molecule has 2 atom stereocenters. The van der Waals surface area contributed by atoms with Crippen LogP contribution in [0.5, 0.6) is 0 Å². The second-order valence-corrected chi connectivity index (χ2v) is 9.71. The Morgan fingerprint density at radius 1 is 1.19 bits per heavy atom. The second kappa shape index (κ2) is 9.91. The number of hydrogen-bond acceptors (Lipinski definition) is 8. The number of pyridine rings is 1. The average molecular weight is 504 g/mol. The van der Waals surface area contributed by atoms with Crippen LogP contribution in [-0.2, 0) is 11.3 Å². The molecule has 0 radical (unpaired) electrons. The number of hydrogen-bond donors (Lipinski definition) is 1. The lowest BCUT2D eigenvalue weighted by Crippen LogP contribution is -2.50. The molecule has 1 N–H and O–H groups in total. The van der Waals surface area contributed by atoms with Crippen molar-refractivity contribution in [3.63, 3.8) is 0 Å². The molecule has 0 unspecified atom stereocenters. The number of aromatic nitrogens is 5. The van der Waals surface area contributed by atoms with E-state index in [0.717, 1.165) is 35.9 Å². The summed E-state index contributed by atoms with van der Waals surface area (Å²) in [7, 11) is 0. The first-order valence-corrected chi connectivity index (χ1v) is 12.6. The molecule has 3 aromatic heterocycles. The lowest BCUT2D eigenvalue weighted by molar-refractivity contribution is 0.0550. The number of aryl methyl sites for hydroxylation is 1. The van der Waals surface area contributed by atoms with E-state index in [-0.39, 0.29) is 17.6 Å². The van der Waals surface area contributed by atoms with Crippen LogP contribution in [0.4, 0.5) is 0 Å². The molecule has 4 aromatic rings. The Hall–Kier alpha value is -3.83. The van der Waals surface area contributed by atoms with Gasteiger partial charge in [0.05, 0.1) is 18.9 Å². The van der Waals surface area contributed by atoms with Gasteiger partial charge in [-0.15, -0.1) is 5.10 Å². The highest BCUT2D eigenvalue weighted by Gasteiger charge is 2.34. The van der Waals surface area contributed by atoms with E-state index in [0.29, 0.717) is 49.9 Å². The minimum Gasteiger partial charge on any atom is -0.459 e. The second-order valence-electron chi connectivity index (χ2n) is 9.71. The summed E-state index contributed by atoms with van der Waals surface area (Å²) in [5.41, 5.74) is 2.26. The van der Waals surface area contributed by atoms with Crippen LogP contribution in [0, 0.1) is 6.92 Å². The van der Waals surface area contributed by atoms with Crippen LogP contribution >= 0.6 is 0 Å². The Labute approximate surface area is 213 Å². The SMILES string of the molecule is Cc1ccc2cc([C@@H](c3nnnn3C[C@H]3CCCO3)N3CCN(C(=O)c4ccco4)CC3)c(=O)[nH]c2c1. The molecule has 0 saturated carbocycles. The maximum atomic E-state index is 13.4. The highest BCUT2D eigenvalue weighted by Crippen LogP contribution is 2.29. The predicted octanol–water partition coefficient (Wildman–Crippen LogP) is 2.14. The minimum absolute atomic E-state index is 0.0449. The quantitative estimate of drug-likeness (QED) is 0.425. The number of ether oxygens (including phenoxy) is 1. The van der Waals surface area contributed by atoms with Gasteiger partial charge >= 0.3 is 0 Å².